The lowest BCUT2D eigenvalue weighted by Gasteiger charge is -2.31. The molecule has 10 heteroatoms. The van der Waals surface area contributed by atoms with E-state index in [1.165, 1.54) is 4.90 Å². The van der Waals surface area contributed by atoms with E-state index in [-0.39, 0.29) is 24.9 Å². The van der Waals surface area contributed by atoms with Crippen LogP contribution in [0, 0.1) is 0 Å². The SMILES string of the molecule is O=C1CN(CC(=O)N2CCC[C@H](c3nc(-c4cccnc4)no3)C2)C(=O)N1. The molecule has 0 radical (unpaired) electrons. The fraction of sp³-hybridized carbons (Fsp3) is 0.412. The molecule has 4 heterocycles. The van der Waals surface area contributed by atoms with E-state index >= 15 is 0 Å². The predicted octanol–water partition coefficient (Wildman–Crippen LogP) is 0.389. The molecule has 0 saturated carbocycles. The highest BCUT2D eigenvalue weighted by molar-refractivity contribution is 6.03. The number of imide groups is 1. The van der Waals surface area contributed by atoms with Crippen molar-refractivity contribution in [3.63, 3.8) is 0 Å². The van der Waals surface area contributed by atoms with Crippen LogP contribution in [-0.2, 0) is 9.59 Å². The fourth-order valence-corrected chi connectivity index (χ4v) is 3.29. The van der Waals surface area contributed by atoms with Crippen molar-refractivity contribution in [3.8, 4) is 11.4 Å². The molecule has 0 aliphatic carbocycles. The molecule has 0 spiro atoms. The van der Waals surface area contributed by atoms with Gasteiger partial charge in [0.1, 0.15) is 13.1 Å². The van der Waals surface area contributed by atoms with E-state index in [0.717, 1.165) is 18.4 Å². The number of piperidine rings is 1. The summed E-state index contributed by atoms with van der Waals surface area (Å²) in [7, 11) is 0. The fourth-order valence-electron chi connectivity index (χ4n) is 3.29. The van der Waals surface area contributed by atoms with Crippen LogP contribution in [0.4, 0.5) is 4.79 Å². The Bertz CT molecular complexity index is 867. The molecule has 27 heavy (non-hydrogen) atoms. The standard InChI is InChI=1S/C17H18N6O4/c24-13-9-23(17(26)19-13)10-14(25)22-6-2-4-12(8-22)16-20-15(21-27-16)11-3-1-5-18-7-11/h1,3,5,7,12H,2,4,6,8-10H2,(H,19,24,26)/t12-/m0/s1. The molecule has 2 aliphatic heterocycles. The van der Waals surface area contributed by atoms with Crippen molar-refractivity contribution in [3.05, 3.63) is 30.4 Å². The summed E-state index contributed by atoms with van der Waals surface area (Å²) in [5.41, 5.74) is 0.765. The molecule has 0 bridgehead atoms. The second-order valence-electron chi connectivity index (χ2n) is 6.59. The first-order valence-electron chi connectivity index (χ1n) is 8.70. The first-order valence-corrected chi connectivity index (χ1v) is 8.70. The van der Waals surface area contributed by atoms with Gasteiger partial charge < -0.3 is 14.3 Å². The number of nitrogens with zero attached hydrogens (tertiary/aromatic N) is 5. The Kier molecular flexibility index (Phi) is 4.53. The number of likely N-dealkylation sites (tertiary alicyclic amines) is 1. The highest BCUT2D eigenvalue weighted by Gasteiger charge is 2.33. The number of nitrogens with one attached hydrogen (secondary N) is 1. The minimum atomic E-state index is -0.528. The second kappa shape index (κ2) is 7.14. The molecule has 2 fully saturated rings. The van der Waals surface area contributed by atoms with Gasteiger partial charge in [-0.2, -0.15) is 4.98 Å². The maximum atomic E-state index is 12.5. The van der Waals surface area contributed by atoms with Gasteiger partial charge in [-0.3, -0.25) is 19.9 Å². The van der Waals surface area contributed by atoms with E-state index in [2.05, 4.69) is 20.4 Å². The topological polar surface area (TPSA) is 122 Å². The Balaban J connectivity index is 1.41. The van der Waals surface area contributed by atoms with Gasteiger partial charge in [0.2, 0.25) is 23.5 Å². The molecule has 4 rings (SSSR count). The monoisotopic (exact) mass is 370 g/mol. The van der Waals surface area contributed by atoms with Crippen molar-refractivity contribution in [2.45, 2.75) is 18.8 Å². The number of carbonyl (C=O) groups is 3. The molecule has 1 atom stereocenters. The Labute approximate surface area is 154 Å². The number of carbonyl (C=O) groups excluding carboxylic acids is 3. The summed E-state index contributed by atoms with van der Waals surface area (Å²) in [6, 6.07) is 3.12. The van der Waals surface area contributed by atoms with Crippen molar-refractivity contribution in [1.29, 1.82) is 0 Å². The molecule has 4 amide bonds. The van der Waals surface area contributed by atoms with Gasteiger partial charge >= 0.3 is 6.03 Å². The lowest BCUT2D eigenvalue weighted by molar-refractivity contribution is -0.133. The summed E-state index contributed by atoms with van der Waals surface area (Å²) >= 11 is 0. The maximum absolute atomic E-state index is 12.5. The van der Waals surface area contributed by atoms with Crippen LogP contribution in [0.3, 0.4) is 0 Å². The largest absolute Gasteiger partial charge is 0.340 e. The first-order chi connectivity index (χ1) is 13.1. The van der Waals surface area contributed by atoms with E-state index in [9.17, 15) is 14.4 Å². The molecule has 2 aromatic rings. The third-order valence-electron chi connectivity index (χ3n) is 4.68. The van der Waals surface area contributed by atoms with Crippen LogP contribution in [0.1, 0.15) is 24.7 Å². The number of pyridine rings is 1. The van der Waals surface area contributed by atoms with Gasteiger partial charge in [0.05, 0.1) is 5.92 Å². The smallest absolute Gasteiger partial charge is 0.325 e. The van der Waals surface area contributed by atoms with Crippen molar-refractivity contribution in [2.24, 2.45) is 0 Å². The minimum Gasteiger partial charge on any atom is -0.340 e. The number of amides is 4. The van der Waals surface area contributed by atoms with Gasteiger partial charge in [-0.15, -0.1) is 0 Å². The summed E-state index contributed by atoms with van der Waals surface area (Å²) in [4.78, 5) is 46.8. The third kappa shape index (κ3) is 3.64. The molecule has 1 N–H and O–H groups in total. The Morgan fingerprint density at radius 2 is 2.26 bits per heavy atom. The van der Waals surface area contributed by atoms with Gasteiger partial charge in [-0.05, 0) is 25.0 Å². The summed E-state index contributed by atoms with van der Waals surface area (Å²) in [5.74, 6) is 0.304. The van der Waals surface area contributed by atoms with Crippen LogP contribution in [0.5, 0.6) is 0 Å². The van der Waals surface area contributed by atoms with E-state index in [4.69, 9.17) is 4.52 Å². The molecule has 2 saturated heterocycles. The van der Waals surface area contributed by atoms with Crippen molar-refractivity contribution >= 4 is 17.8 Å². The average molecular weight is 370 g/mol. The first kappa shape index (κ1) is 17.1. The molecular formula is C17H18N6O4. The van der Waals surface area contributed by atoms with Crippen molar-refractivity contribution < 1.29 is 18.9 Å². The van der Waals surface area contributed by atoms with Crippen LogP contribution in [-0.4, -0.2) is 68.9 Å². The number of urea groups is 1. The van der Waals surface area contributed by atoms with Crippen molar-refractivity contribution in [1.82, 2.24) is 30.2 Å². The maximum Gasteiger partial charge on any atom is 0.325 e. The Morgan fingerprint density at radius 3 is 3.00 bits per heavy atom. The lowest BCUT2D eigenvalue weighted by Crippen LogP contribution is -2.45. The molecule has 2 aliphatic rings. The van der Waals surface area contributed by atoms with Gasteiger partial charge in [-0.1, -0.05) is 5.16 Å². The Hall–Kier alpha value is -3.30. The van der Waals surface area contributed by atoms with Gasteiger partial charge in [-0.25, -0.2) is 4.79 Å². The van der Waals surface area contributed by atoms with Crippen LogP contribution in [0.15, 0.2) is 29.0 Å². The molecule has 0 unspecified atom stereocenters. The normalized spacial score (nSPS) is 20.1. The third-order valence-corrected chi connectivity index (χ3v) is 4.68. The predicted molar refractivity (Wildman–Crippen MR) is 91.2 cm³/mol. The zero-order chi connectivity index (χ0) is 18.8. The van der Waals surface area contributed by atoms with E-state index in [1.807, 2.05) is 6.07 Å². The zero-order valence-electron chi connectivity index (χ0n) is 14.5. The van der Waals surface area contributed by atoms with Crippen LogP contribution >= 0.6 is 0 Å². The lowest BCUT2D eigenvalue weighted by atomic mass is 9.98. The number of hydrogen-bond acceptors (Lipinski definition) is 7. The van der Waals surface area contributed by atoms with Gasteiger partial charge in [0, 0.05) is 31.0 Å². The summed E-state index contributed by atoms with van der Waals surface area (Å²) < 4.78 is 5.41. The molecular weight excluding hydrogens is 352 g/mol. The quantitative estimate of drug-likeness (QED) is 0.773. The molecule has 0 aromatic carbocycles. The Morgan fingerprint density at radius 1 is 1.37 bits per heavy atom. The molecule has 2 aromatic heterocycles. The summed E-state index contributed by atoms with van der Waals surface area (Å²) in [6.45, 7) is 0.842. The van der Waals surface area contributed by atoms with Crippen LogP contribution in [0.2, 0.25) is 0 Å². The molecule has 10 nitrogen and oxygen atoms in total. The summed E-state index contributed by atoms with van der Waals surface area (Å²) in [5, 5.41) is 6.17. The van der Waals surface area contributed by atoms with E-state index in [1.54, 1.807) is 23.4 Å². The zero-order valence-corrected chi connectivity index (χ0v) is 14.5. The second-order valence-corrected chi connectivity index (χ2v) is 6.59. The highest BCUT2D eigenvalue weighted by Crippen LogP contribution is 2.27. The number of rotatable bonds is 4. The summed E-state index contributed by atoms with van der Waals surface area (Å²) in [6.07, 6.45) is 4.96. The van der Waals surface area contributed by atoms with Gasteiger partial charge in [0.15, 0.2) is 0 Å². The number of hydrogen-bond donors (Lipinski definition) is 1. The minimum absolute atomic E-state index is 0.0605. The highest BCUT2D eigenvalue weighted by atomic mass is 16.5. The van der Waals surface area contributed by atoms with Crippen LogP contribution in [0.25, 0.3) is 11.4 Å². The van der Waals surface area contributed by atoms with Crippen molar-refractivity contribution in [2.75, 3.05) is 26.2 Å². The number of aromatic nitrogens is 3. The van der Waals surface area contributed by atoms with Crippen LogP contribution < -0.4 is 5.32 Å². The van der Waals surface area contributed by atoms with E-state index < -0.39 is 11.9 Å². The average Bonchev–Trinajstić information content (AvgIpc) is 3.29. The molecule has 140 valence electrons. The van der Waals surface area contributed by atoms with Gasteiger partial charge in [0.25, 0.3) is 0 Å². The van der Waals surface area contributed by atoms with E-state index in [0.29, 0.717) is 24.8 Å².